The van der Waals surface area contributed by atoms with Crippen LogP contribution in [0.3, 0.4) is 0 Å². The first-order valence-corrected chi connectivity index (χ1v) is 10.6. The first kappa shape index (κ1) is 20.3. The van der Waals surface area contributed by atoms with Crippen LogP contribution < -0.4 is 9.64 Å². The highest BCUT2D eigenvalue weighted by molar-refractivity contribution is 5.82. The number of aromatic nitrogens is 3. The maximum Gasteiger partial charge on any atom is 0.178 e. The lowest BCUT2D eigenvalue weighted by atomic mass is 10.1. The topological polar surface area (TPSA) is 51.1 Å². The molecule has 0 saturated heterocycles. The Labute approximate surface area is 184 Å². The van der Waals surface area contributed by atoms with E-state index in [0.717, 1.165) is 22.5 Å². The van der Waals surface area contributed by atoms with Gasteiger partial charge in [0.1, 0.15) is 18.1 Å². The number of benzene rings is 2. The van der Waals surface area contributed by atoms with Gasteiger partial charge in [0, 0.05) is 35.8 Å². The first-order chi connectivity index (χ1) is 15.5. The summed E-state index contributed by atoms with van der Waals surface area (Å²) in [4.78, 5) is 14.8. The number of nitrogens with zero attached hydrogens (tertiary/aromatic N) is 4. The van der Waals surface area contributed by atoms with Gasteiger partial charge in [-0.05, 0) is 43.0 Å². The van der Waals surface area contributed by atoms with Crippen LogP contribution in [0.5, 0.6) is 5.75 Å². The third-order valence-corrected chi connectivity index (χ3v) is 5.67. The number of ether oxygens (including phenoxy) is 1. The van der Waals surface area contributed by atoms with Gasteiger partial charge in [0.15, 0.2) is 17.4 Å². The van der Waals surface area contributed by atoms with Crippen molar-refractivity contribution in [3.63, 3.8) is 0 Å². The summed E-state index contributed by atoms with van der Waals surface area (Å²) in [6, 6.07) is 11.1. The maximum atomic E-state index is 14.9. The van der Waals surface area contributed by atoms with E-state index in [1.54, 1.807) is 18.5 Å². The molecule has 5 rings (SSSR count). The summed E-state index contributed by atoms with van der Waals surface area (Å²) < 4.78 is 35.1. The van der Waals surface area contributed by atoms with Gasteiger partial charge in [-0.15, -0.1) is 0 Å². The van der Waals surface area contributed by atoms with Crippen LogP contribution in [0, 0.1) is 11.6 Å². The number of hydrogen-bond acceptors (Lipinski definition) is 5. The average molecular weight is 432 g/mol. The van der Waals surface area contributed by atoms with Gasteiger partial charge in [0.25, 0.3) is 0 Å². The predicted molar refractivity (Wildman–Crippen MR) is 120 cm³/mol. The monoisotopic (exact) mass is 432 g/mol. The molecule has 3 heterocycles. The summed E-state index contributed by atoms with van der Waals surface area (Å²) >= 11 is 0. The highest BCUT2D eigenvalue weighted by Crippen LogP contribution is 2.39. The van der Waals surface area contributed by atoms with Crippen molar-refractivity contribution in [3.8, 4) is 17.0 Å². The Kier molecular flexibility index (Phi) is 5.17. The normalized spacial score (nSPS) is 13.3. The van der Waals surface area contributed by atoms with Gasteiger partial charge in [0.2, 0.25) is 0 Å². The number of fused-ring (bicyclic) bond motifs is 2. The Bertz CT molecular complexity index is 1310. The molecule has 0 radical (unpaired) electrons. The molecule has 0 saturated carbocycles. The molecule has 0 amide bonds. The zero-order chi connectivity index (χ0) is 22.2. The standard InChI is InChI=1S/C25H22F2N4O/c1-15(2)31-7-8-32-25-20(26)11-19(12-22(25)31)24-21(27)14-29-23(30-24)10-16-3-4-18-13-28-6-5-17(18)9-16/h3-6,9,11-15H,7-8,10H2,1-2H3. The molecule has 162 valence electrons. The van der Waals surface area contributed by atoms with Crippen LogP contribution in [-0.4, -0.2) is 34.1 Å². The van der Waals surface area contributed by atoms with Gasteiger partial charge in [-0.25, -0.2) is 18.7 Å². The molecule has 1 aliphatic rings. The van der Waals surface area contributed by atoms with E-state index in [1.165, 1.54) is 6.07 Å². The molecule has 0 atom stereocenters. The van der Waals surface area contributed by atoms with Crippen molar-refractivity contribution < 1.29 is 13.5 Å². The van der Waals surface area contributed by atoms with Gasteiger partial charge < -0.3 is 9.64 Å². The third kappa shape index (κ3) is 3.75. The van der Waals surface area contributed by atoms with Crippen molar-refractivity contribution in [1.29, 1.82) is 0 Å². The Morgan fingerprint density at radius 2 is 1.91 bits per heavy atom. The molecule has 4 aromatic rings. The number of anilines is 1. The molecule has 0 spiro atoms. The van der Waals surface area contributed by atoms with Crippen LogP contribution >= 0.6 is 0 Å². The summed E-state index contributed by atoms with van der Waals surface area (Å²) in [5, 5.41) is 2.10. The molecular weight excluding hydrogens is 410 g/mol. The second-order valence-corrected chi connectivity index (χ2v) is 8.16. The van der Waals surface area contributed by atoms with E-state index in [-0.39, 0.29) is 17.5 Å². The van der Waals surface area contributed by atoms with E-state index >= 15 is 0 Å². The van der Waals surface area contributed by atoms with E-state index in [1.807, 2.05) is 38.1 Å². The molecule has 7 heteroatoms. The highest BCUT2D eigenvalue weighted by atomic mass is 19.1. The van der Waals surface area contributed by atoms with Gasteiger partial charge >= 0.3 is 0 Å². The molecule has 2 aromatic heterocycles. The van der Waals surface area contributed by atoms with E-state index in [2.05, 4.69) is 19.9 Å². The molecule has 1 aliphatic heterocycles. The van der Waals surface area contributed by atoms with Crippen LogP contribution in [0.4, 0.5) is 14.5 Å². The van der Waals surface area contributed by atoms with Gasteiger partial charge in [0.05, 0.1) is 18.4 Å². The van der Waals surface area contributed by atoms with Crippen LogP contribution in [0.15, 0.2) is 55.0 Å². The fourth-order valence-electron chi connectivity index (χ4n) is 4.09. The molecule has 0 aliphatic carbocycles. The molecule has 0 unspecified atom stereocenters. The zero-order valence-electron chi connectivity index (χ0n) is 17.8. The lowest BCUT2D eigenvalue weighted by Gasteiger charge is -2.34. The molecule has 2 aromatic carbocycles. The predicted octanol–water partition coefficient (Wildman–Crippen LogP) is 5.17. The van der Waals surface area contributed by atoms with Gasteiger partial charge in [-0.1, -0.05) is 18.2 Å². The smallest absolute Gasteiger partial charge is 0.178 e. The van der Waals surface area contributed by atoms with E-state index in [4.69, 9.17) is 4.74 Å². The number of hydrogen-bond donors (Lipinski definition) is 0. The number of rotatable bonds is 4. The minimum Gasteiger partial charge on any atom is -0.486 e. The van der Waals surface area contributed by atoms with Crippen LogP contribution in [0.2, 0.25) is 0 Å². The summed E-state index contributed by atoms with van der Waals surface area (Å²) in [6.45, 7) is 5.11. The van der Waals surface area contributed by atoms with E-state index < -0.39 is 11.6 Å². The minimum absolute atomic E-state index is 0.0796. The summed E-state index contributed by atoms with van der Waals surface area (Å²) in [7, 11) is 0. The summed E-state index contributed by atoms with van der Waals surface area (Å²) in [5.41, 5.74) is 2.06. The van der Waals surface area contributed by atoms with Gasteiger partial charge in [-0.3, -0.25) is 4.98 Å². The SMILES string of the molecule is CC(C)N1CCOc2c(F)cc(-c3nc(Cc4ccc5cnccc5c4)ncc3F)cc21. The summed E-state index contributed by atoms with van der Waals surface area (Å²) in [6.07, 6.45) is 5.13. The zero-order valence-corrected chi connectivity index (χ0v) is 17.8. The Morgan fingerprint density at radius 1 is 1.03 bits per heavy atom. The second-order valence-electron chi connectivity index (χ2n) is 8.16. The average Bonchev–Trinajstić information content (AvgIpc) is 2.79. The van der Waals surface area contributed by atoms with Crippen molar-refractivity contribution in [2.24, 2.45) is 0 Å². The fraction of sp³-hybridized carbons (Fsp3) is 0.240. The van der Waals surface area contributed by atoms with E-state index in [0.29, 0.717) is 36.6 Å². The lowest BCUT2D eigenvalue weighted by molar-refractivity contribution is 0.287. The number of halogens is 2. The quantitative estimate of drug-likeness (QED) is 0.445. The Balaban J connectivity index is 1.52. The van der Waals surface area contributed by atoms with Crippen molar-refractivity contribution in [3.05, 3.63) is 78.0 Å². The first-order valence-electron chi connectivity index (χ1n) is 10.6. The van der Waals surface area contributed by atoms with Crippen LogP contribution in [0.1, 0.15) is 25.2 Å². The minimum atomic E-state index is -0.592. The van der Waals surface area contributed by atoms with Crippen molar-refractivity contribution in [2.45, 2.75) is 26.3 Å². The summed E-state index contributed by atoms with van der Waals surface area (Å²) in [5.74, 6) is -0.449. The van der Waals surface area contributed by atoms with Crippen molar-refractivity contribution in [2.75, 3.05) is 18.1 Å². The third-order valence-electron chi connectivity index (χ3n) is 5.67. The van der Waals surface area contributed by atoms with Crippen LogP contribution in [-0.2, 0) is 6.42 Å². The molecule has 0 bridgehead atoms. The molecular formula is C25H22F2N4O. The fourth-order valence-corrected chi connectivity index (χ4v) is 4.09. The molecule has 5 nitrogen and oxygen atoms in total. The number of pyridine rings is 1. The molecule has 0 N–H and O–H groups in total. The molecule has 0 fully saturated rings. The maximum absolute atomic E-state index is 14.9. The van der Waals surface area contributed by atoms with Gasteiger partial charge in [-0.2, -0.15) is 0 Å². The highest BCUT2D eigenvalue weighted by Gasteiger charge is 2.25. The lowest BCUT2D eigenvalue weighted by Crippen LogP contribution is -2.38. The van der Waals surface area contributed by atoms with Crippen LogP contribution in [0.25, 0.3) is 22.0 Å². The van der Waals surface area contributed by atoms with Crippen molar-refractivity contribution >= 4 is 16.5 Å². The molecule has 32 heavy (non-hydrogen) atoms. The Hall–Kier alpha value is -3.61. The Morgan fingerprint density at radius 3 is 2.75 bits per heavy atom. The van der Waals surface area contributed by atoms with E-state index in [9.17, 15) is 8.78 Å². The largest absolute Gasteiger partial charge is 0.486 e. The second kappa shape index (κ2) is 8.15. The van der Waals surface area contributed by atoms with Crippen molar-refractivity contribution in [1.82, 2.24) is 15.0 Å².